The number of carbonyl (C=O) groups excluding carboxylic acids is 1. The van der Waals surface area contributed by atoms with Crippen LogP contribution in [0.5, 0.6) is 0 Å². The van der Waals surface area contributed by atoms with Crippen LogP contribution in [0.25, 0.3) is 11.1 Å². The molecular weight excluding hydrogens is 407 g/mol. The number of aromatic nitrogens is 3. The molecule has 1 fully saturated rings. The molecule has 0 radical (unpaired) electrons. The van der Waals surface area contributed by atoms with Crippen LogP contribution in [-0.4, -0.2) is 39.9 Å². The Kier molecular flexibility index (Phi) is 5.99. The molecule has 3 heterocycles. The van der Waals surface area contributed by atoms with Crippen molar-refractivity contribution in [2.75, 3.05) is 13.2 Å². The molecular formula is C25H27FN4O2. The second-order valence-corrected chi connectivity index (χ2v) is 8.60. The van der Waals surface area contributed by atoms with Gasteiger partial charge in [-0.2, -0.15) is 0 Å². The zero-order valence-electron chi connectivity index (χ0n) is 18.0. The van der Waals surface area contributed by atoms with E-state index in [1.807, 2.05) is 18.2 Å². The molecule has 1 aromatic heterocycles. The molecule has 2 aromatic carbocycles. The second-order valence-electron chi connectivity index (χ2n) is 8.60. The Bertz CT molecular complexity index is 1090. The summed E-state index contributed by atoms with van der Waals surface area (Å²) in [7, 11) is 0. The smallest absolute Gasteiger partial charge is 0.251 e. The van der Waals surface area contributed by atoms with E-state index in [-0.39, 0.29) is 17.8 Å². The monoisotopic (exact) mass is 434 g/mol. The predicted octanol–water partition coefficient (Wildman–Crippen LogP) is 4.11. The highest BCUT2D eigenvalue weighted by Gasteiger charge is 2.26. The van der Waals surface area contributed by atoms with Gasteiger partial charge in [0.2, 0.25) is 0 Å². The quantitative estimate of drug-likeness (QED) is 0.671. The number of rotatable bonds is 4. The molecule has 1 atom stereocenters. The molecule has 1 unspecified atom stereocenters. The van der Waals surface area contributed by atoms with Crippen molar-refractivity contribution in [3.63, 3.8) is 0 Å². The fraction of sp³-hybridized carbons (Fsp3) is 0.400. The first-order chi connectivity index (χ1) is 15.7. The number of ether oxygens (including phenoxy) is 1. The maximum absolute atomic E-state index is 13.5. The van der Waals surface area contributed by atoms with Crippen molar-refractivity contribution in [1.82, 2.24) is 20.1 Å². The average Bonchev–Trinajstić information content (AvgIpc) is 3.14. The van der Waals surface area contributed by atoms with Gasteiger partial charge < -0.3 is 14.6 Å². The first-order valence-corrected chi connectivity index (χ1v) is 11.3. The van der Waals surface area contributed by atoms with Gasteiger partial charge in [-0.1, -0.05) is 24.3 Å². The third-order valence-corrected chi connectivity index (χ3v) is 6.50. The van der Waals surface area contributed by atoms with Crippen molar-refractivity contribution < 1.29 is 13.9 Å². The number of amides is 1. The molecule has 5 rings (SSSR count). The second kappa shape index (κ2) is 9.20. The van der Waals surface area contributed by atoms with Crippen LogP contribution in [0.1, 0.15) is 53.6 Å². The molecule has 6 nitrogen and oxygen atoms in total. The van der Waals surface area contributed by atoms with E-state index >= 15 is 0 Å². The summed E-state index contributed by atoms with van der Waals surface area (Å²) >= 11 is 0. The van der Waals surface area contributed by atoms with Crippen LogP contribution in [0.3, 0.4) is 0 Å². The van der Waals surface area contributed by atoms with Crippen molar-refractivity contribution in [1.29, 1.82) is 0 Å². The zero-order valence-corrected chi connectivity index (χ0v) is 18.0. The van der Waals surface area contributed by atoms with Crippen molar-refractivity contribution in [3.05, 3.63) is 71.6 Å². The number of hydrogen-bond donors (Lipinski definition) is 1. The number of fused-ring (bicyclic) bond motifs is 1. The van der Waals surface area contributed by atoms with Crippen molar-refractivity contribution in [3.8, 4) is 11.1 Å². The van der Waals surface area contributed by atoms with Crippen molar-refractivity contribution in [2.24, 2.45) is 0 Å². The summed E-state index contributed by atoms with van der Waals surface area (Å²) in [6.07, 6.45) is 4.49. The van der Waals surface area contributed by atoms with Crippen LogP contribution < -0.4 is 5.32 Å². The fourth-order valence-corrected chi connectivity index (χ4v) is 4.66. The molecule has 32 heavy (non-hydrogen) atoms. The number of nitrogens with zero attached hydrogens (tertiary/aromatic N) is 3. The summed E-state index contributed by atoms with van der Waals surface area (Å²) in [5.74, 6) is 2.15. The van der Waals surface area contributed by atoms with Crippen LogP contribution in [0.4, 0.5) is 4.39 Å². The summed E-state index contributed by atoms with van der Waals surface area (Å²) in [6.45, 7) is 2.38. The molecule has 0 spiro atoms. The van der Waals surface area contributed by atoms with Gasteiger partial charge in [-0.15, -0.1) is 10.2 Å². The lowest BCUT2D eigenvalue weighted by Crippen LogP contribution is -2.35. The summed E-state index contributed by atoms with van der Waals surface area (Å²) in [4.78, 5) is 12.8. The minimum Gasteiger partial charge on any atom is -0.381 e. The van der Waals surface area contributed by atoms with Crippen LogP contribution in [-0.2, 0) is 17.7 Å². The molecule has 0 aliphatic carbocycles. The maximum atomic E-state index is 13.5. The van der Waals surface area contributed by atoms with Gasteiger partial charge >= 0.3 is 0 Å². The molecule has 0 bridgehead atoms. The van der Waals surface area contributed by atoms with Crippen LogP contribution in [0.2, 0.25) is 0 Å². The van der Waals surface area contributed by atoms with Crippen molar-refractivity contribution >= 4 is 5.91 Å². The van der Waals surface area contributed by atoms with E-state index in [0.29, 0.717) is 11.5 Å². The number of nitrogens with one attached hydrogen (secondary N) is 1. The Hall–Kier alpha value is -3.06. The van der Waals surface area contributed by atoms with Crippen molar-refractivity contribution in [2.45, 2.75) is 50.6 Å². The maximum Gasteiger partial charge on any atom is 0.251 e. The van der Waals surface area contributed by atoms with Gasteiger partial charge in [0.05, 0.1) is 0 Å². The zero-order chi connectivity index (χ0) is 21.9. The standard InChI is InChI=1S/C25H27FN4O2/c26-21-3-1-2-20(16-21)17-4-6-19(7-5-17)25(31)27-22-8-9-23-28-29-24(30(23)13-10-22)18-11-14-32-15-12-18/h1-7,16,18,22H,8-15H2,(H,27,31). The SMILES string of the molecule is O=C(NC1CCc2nnc(C3CCOCC3)n2CC1)c1ccc(-c2cccc(F)c2)cc1. The number of carbonyl (C=O) groups is 1. The first-order valence-electron chi connectivity index (χ1n) is 11.3. The van der Waals surface area contributed by atoms with Gasteiger partial charge in [0, 0.05) is 43.7 Å². The summed E-state index contributed by atoms with van der Waals surface area (Å²) in [5.41, 5.74) is 2.29. The Morgan fingerprint density at radius 1 is 1.00 bits per heavy atom. The Balaban J connectivity index is 1.22. The van der Waals surface area contributed by atoms with Gasteiger partial charge in [0.15, 0.2) is 0 Å². The Labute approximate surface area is 186 Å². The first kappa shape index (κ1) is 20.8. The van der Waals surface area contributed by atoms with Crippen LogP contribution in [0, 0.1) is 5.82 Å². The van der Waals surface area contributed by atoms with E-state index in [4.69, 9.17) is 4.74 Å². The minimum atomic E-state index is -0.271. The van der Waals surface area contributed by atoms with Crippen LogP contribution >= 0.6 is 0 Å². The largest absolute Gasteiger partial charge is 0.381 e. The molecule has 1 saturated heterocycles. The highest BCUT2D eigenvalue weighted by Crippen LogP contribution is 2.28. The average molecular weight is 435 g/mol. The van der Waals surface area contributed by atoms with E-state index in [2.05, 4.69) is 20.1 Å². The van der Waals surface area contributed by atoms with Gasteiger partial charge in [0.1, 0.15) is 17.5 Å². The van der Waals surface area contributed by atoms with E-state index in [0.717, 1.165) is 74.6 Å². The Morgan fingerprint density at radius 2 is 1.81 bits per heavy atom. The number of hydrogen-bond acceptors (Lipinski definition) is 4. The summed E-state index contributed by atoms with van der Waals surface area (Å²) in [6, 6.07) is 13.9. The molecule has 0 saturated carbocycles. The van der Waals surface area contributed by atoms with E-state index in [1.165, 1.54) is 12.1 Å². The molecule has 3 aromatic rings. The number of benzene rings is 2. The molecule has 1 amide bonds. The molecule has 7 heteroatoms. The van der Waals surface area contributed by atoms with E-state index in [1.54, 1.807) is 18.2 Å². The van der Waals surface area contributed by atoms with Gasteiger partial charge in [0.25, 0.3) is 5.91 Å². The lowest BCUT2D eigenvalue weighted by atomic mass is 9.99. The van der Waals surface area contributed by atoms with Gasteiger partial charge in [-0.05, 0) is 61.1 Å². The number of aryl methyl sites for hydroxylation is 1. The number of halogens is 1. The highest BCUT2D eigenvalue weighted by molar-refractivity contribution is 5.94. The minimum absolute atomic E-state index is 0.0805. The fourth-order valence-electron chi connectivity index (χ4n) is 4.66. The van der Waals surface area contributed by atoms with E-state index in [9.17, 15) is 9.18 Å². The lowest BCUT2D eigenvalue weighted by molar-refractivity contribution is 0.0826. The Morgan fingerprint density at radius 3 is 2.59 bits per heavy atom. The third-order valence-electron chi connectivity index (χ3n) is 6.50. The highest BCUT2D eigenvalue weighted by atomic mass is 19.1. The predicted molar refractivity (Wildman–Crippen MR) is 119 cm³/mol. The summed E-state index contributed by atoms with van der Waals surface area (Å²) < 4.78 is 21.2. The topological polar surface area (TPSA) is 69.0 Å². The van der Waals surface area contributed by atoms with Gasteiger partial charge in [-0.25, -0.2) is 4.39 Å². The van der Waals surface area contributed by atoms with Gasteiger partial charge in [-0.3, -0.25) is 4.79 Å². The third kappa shape index (κ3) is 4.43. The molecule has 1 N–H and O–H groups in total. The van der Waals surface area contributed by atoms with Crippen LogP contribution in [0.15, 0.2) is 48.5 Å². The molecule has 2 aliphatic heterocycles. The molecule has 166 valence electrons. The normalized spacial score (nSPS) is 19.2. The molecule has 2 aliphatic rings. The van der Waals surface area contributed by atoms with E-state index < -0.39 is 0 Å². The summed E-state index contributed by atoms with van der Waals surface area (Å²) in [5, 5.41) is 12.1. The lowest BCUT2D eigenvalue weighted by Gasteiger charge is -2.22.